The first-order valence-electron chi connectivity index (χ1n) is 9.36. The van der Waals surface area contributed by atoms with Crippen LogP contribution in [0, 0.1) is 22.7 Å². The molecule has 1 fully saturated rings. The van der Waals surface area contributed by atoms with Crippen molar-refractivity contribution in [3.63, 3.8) is 0 Å². The number of benzene rings is 1. The molecule has 1 aromatic heterocycles. The summed E-state index contributed by atoms with van der Waals surface area (Å²) in [6.45, 7) is 9.14. The van der Waals surface area contributed by atoms with Crippen LogP contribution in [0.25, 0.3) is 10.4 Å². The highest BCUT2D eigenvalue weighted by molar-refractivity contribution is 7.19. The zero-order valence-corrected chi connectivity index (χ0v) is 17.4. The van der Waals surface area contributed by atoms with E-state index in [-0.39, 0.29) is 23.3 Å². The van der Waals surface area contributed by atoms with Crippen molar-refractivity contribution in [2.24, 2.45) is 11.3 Å². The maximum absolute atomic E-state index is 12.7. The number of nitrogens with zero attached hydrogens (tertiary/aromatic N) is 2. The zero-order valence-electron chi connectivity index (χ0n) is 16.6. The van der Waals surface area contributed by atoms with Crippen molar-refractivity contribution < 1.29 is 14.3 Å². The Kier molecular flexibility index (Phi) is 6.01. The van der Waals surface area contributed by atoms with Gasteiger partial charge in [-0.2, -0.15) is 5.26 Å². The van der Waals surface area contributed by atoms with Crippen LogP contribution in [-0.2, 0) is 9.53 Å². The summed E-state index contributed by atoms with van der Waals surface area (Å²) >= 11 is 1.41. The van der Waals surface area contributed by atoms with Gasteiger partial charge in [-0.25, -0.2) is 4.98 Å². The van der Waals surface area contributed by atoms with Crippen molar-refractivity contribution >= 4 is 22.4 Å². The van der Waals surface area contributed by atoms with Crippen LogP contribution in [0.3, 0.4) is 0 Å². The van der Waals surface area contributed by atoms with E-state index in [4.69, 9.17) is 9.47 Å². The van der Waals surface area contributed by atoms with Crippen molar-refractivity contribution in [3.05, 3.63) is 30.0 Å². The lowest BCUT2D eigenvalue weighted by atomic mass is 9.76. The third-order valence-electron chi connectivity index (χ3n) is 4.77. The van der Waals surface area contributed by atoms with E-state index in [2.05, 4.69) is 30.2 Å². The normalized spacial score (nSPS) is 18.5. The summed E-state index contributed by atoms with van der Waals surface area (Å²) in [4.78, 5) is 18.0. The van der Waals surface area contributed by atoms with Crippen LogP contribution in [0.2, 0.25) is 0 Å². The molecule has 1 aliphatic heterocycles. The van der Waals surface area contributed by atoms with E-state index in [1.807, 2.05) is 26.0 Å². The second-order valence-corrected chi connectivity index (χ2v) is 8.92. The predicted molar refractivity (Wildman–Crippen MR) is 109 cm³/mol. The van der Waals surface area contributed by atoms with Gasteiger partial charge in [-0.1, -0.05) is 31.3 Å². The largest absolute Gasteiger partial charge is 0.490 e. The van der Waals surface area contributed by atoms with Gasteiger partial charge in [-0.15, -0.1) is 0 Å². The molecule has 1 unspecified atom stereocenters. The van der Waals surface area contributed by atoms with Gasteiger partial charge in [-0.05, 0) is 43.4 Å². The SMILES string of the molecule is CC(C)Oc1cc(-c2cnc(NC(=O)C3CCOCC3(C)C)s2)ccc1C#N. The Morgan fingerprint density at radius 3 is 2.93 bits per heavy atom. The van der Waals surface area contributed by atoms with Crippen LogP contribution in [0.15, 0.2) is 24.4 Å². The molecule has 28 heavy (non-hydrogen) atoms. The van der Waals surface area contributed by atoms with Crippen LogP contribution in [0.5, 0.6) is 5.75 Å². The first-order valence-corrected chi connectivity index (χ1v) is 10.2. The van der Waals surface area contributed by atoms with Gasteiger partial charge in [0.1, 0.15) is 11.8 Å². The summed E-state index contributed by atoms with van der Waals surface area (Å²) in [5.74, 6) is 0.436. The predicted octanol–water partition coefficient (Wildman–Crippen LogP) is 4.47. The molecule has 7 heteroatoms. The van der Waals surface area contributed by atoms with Crippen molar-refractivity contribution in [2.75, 3.05) is 18.5 Å². The van der Waals surface area contributed by atoms with Gasteiger partial charge >= 0.3 is 0 Å². The molecule has 1 saturated heterocycles. The quantitative estimate of drug-likeness (QED) is 0.802. The minimum Gasteiger partial charge on any atom is -0.490 e. The first kappa shape index (κ1) is 20.3. The summed E-state index contributed by atoms with van der Waals surface area (Å²) in [6.07, 6.45) is 2.42. The van der Waals surface area contributed by atoms with Gasteiger partial charge < -0.3 is 14.8 Å². The molecular weight excluding hydrogens is 374 g/mol. The molecule has 0 aliphatic carbocycles. The second-order valence-electron chi connectivity index (χ2n) is 7.89. The molecule has 0 spiro atoms. The summed E-state index contributed by atoms with van der Waals surface area (Å²) in [6, 6.07) is 7.61. The number of hydrogen-bond donors (Lipinski definition) is 1. The summed E-state index contributed by atoms with van der Waals surface area (Å²) < 4.78 is 11.3. The van der Waals surface area contributed by atoms with Gasteiger partial charge in [0, 0.05) is 18.7 Å². The van der Waals surface area contributed by atoms with Gasteiger partial charge in [0.25, 0.3) is 0 Å². The minimum atomic E-state index is -0.196. The highest BCUT2D eigenvalue weighted by atomic mass is 32.1. The summed E-state index contributed by atoms with van der Waals surface area (Å²) in [5, 5.41) is 12.8. The van der Waals surface area contributed by atoms with Crippen molar-refractivity contribution in [1.82, 2.24) is 4.98 Å². The number of anilines is 1. The van der Waals surface area contributed by atoms with Gasteiger partial charge in [-0.3, -0.25) is 4.79 Å². The highest BCUT2D eigenvalue weighted by Gasteiger charge is 2.38. The molecule has 1 aliphatic rings. The number of carbonyl (C=O) groups excluding carboxylic acids is 1. The molecular formula is C21H25N3O3S. The van der Waals surface area contributed by atoms with Crippen LogP contribution in [-0.4, -0.2) is 30.2 Å². The minimum absolute atomic E-state index is 0.0159. The Labute approximate surface area is 169 Å². The third-order valence-corrected chi connectivity index (χ3v) is 5.73. The number of rotatable bonds is 5. The molecule has 148 valence electrons. The fraction of sp³-hybridized carbons (Fsp3) is 0.476. The average molecular weight is 400 g/mol. The number of nitrogens with one attached hydrogen (secondary N) is 1. The highest BCUT2D eigenvalue weighted by Crippen LogP contribution is 2.36. The van der Waals surface area contributed by atoms with Crippen LogP contribution < -0.4 is 10.1 Å². The van der Waals surface area contributed by atoms with Crippen molar-refractivity contribution in [2.45, 2.75) is 40.2 Å². The number of aromatic nitrogens is 1. The zero-order chi connectivity index (χ0) is 20.3. The summed E-state index contributed by atoms with van der Waals surface area (Å²) in [5.41, 5.74) is 1.20. The molecule has 2 aromatic rings. The Bertz CT molecular complexity index is 899. The smallest absolute Gasteiger partial charge is 0.229 e. The number of hydrogen-bond acceptors (Lipinski definition) is 6. The van der Waals surface area contributed by atoms with E-state index < -0.39 is 0 Å². The molecule has 1 amide bonds. The Hall–Kier alpha value is -2.43. The number of carbonyl (C=O) groups is 1. The molecule has 2 heterocycles. The topological polar surface area (TPSA) is 84.2 Å². The molecule has 1 N–H and O–H groups in total. The molecule has 6 nitrogen and oxygen atoms in total. The van der Waals surface area contributed by atoms with Crippen LogP contribution in [0.4, 0.5) is 5.13 Å². The van der Waals surface area contributed by atoms with E-state index in [1.54, 1.807) is 12.3 Å². The third kappa shape index (κ3) is 4.51. The second kappa shape index (κ2) is 8.29. The number of amides is 1. The lowest BCUT2D eigenvalue weighted by Crippen LogP contribution is -2.42. The van der Waals surface area contributed by atoms with E-state index in [0.717, 1.165) is 10.4 Å². The molecule has 0 bridgehead atoms. The van der Waals surface area contributed by atoms with E-state index in [1.165, 1.54) is 11.3 Å². The molecule has 0 radical (unpaired) electrons. The maximum atomic E-state index is 12.7. The van der Waals surface area contributed by atoms with Crippen molar-refractivity contribution in [1.29, 1.82) is 5.26 Å². The Morgan fingerprint density at radius 1 is 1.46 bits per heavy atom. The fourth-order valence-corrected chi connectivity index (χ4v) is 4.11. The van der Waals surface area contributed by atoms with Crippen molar-refractivity contribution in [3.8, 4) is 22.3 Å². The fourth-order valence-electron chi connectivity index (χ4n) is 3.29. The van der Waals surface area contributed by atoms with Gasteiger partial charge in [0.15, 0.2) is 5.13 Å². The molecule has 3 rings (SSSR count). The van der Waals surface area contributed by atoms with E-state index >= 15 is 0 Å². The molecule has 1 atom stereocenters. The van der Waals surface area contributed by atoms with Crippen LogP contribution in [0.1, 0.15) is 39.7 Å². The van der Waals surface area contributed by atoms with Gasteiger partial charge in [0.2, 0.25) is 5.91 Å². The maximum Gasteiger partial charge on any atom is 0.229 e. The average Bonchev–Trinajstić information content (AvgIpc) is 3.09. The van der Waals surface area contributed by atoms with E-state index in [0.29, 0.717) is 36.1 Å². The summed E-state index contributed by atoms with van der Waals surface area (Å²) in [7, 11) is 0. The first-order chi connectivity index (χ1) is 13.3. The monoisotopic (exact) mass is 399 g/mol. The number of thiazole rings is 1. The Morgan fingerprint density at radius 2 is 2.25 bits per heavy atom. The Balaban J connectivity index is 1.77. The van der Waals surface area contributed by atoms with Gasteiger partial charge in [0.05, 0.1) is 23.2 Å². The van der Waals surface area contributed by atoms with E-state index in [9.17, 15) is 10.1 Å². The lowest BCUT2D eigenvalue weighted by molar-refractivity contribution is -0.130. The van der Waals surface area contributed by atoms with Crippen LogP contribution >= 0.6 is 11.3 Å². The number of nitriles is 1. The number of ether oxygens (including phenoxy) is 2. The molecule has 0 saturated carbocycles. The standard InChI is InChI=1S/C21H25N3O3S/c1-13(2)27-17-9-14(5-6-15(17)10-22)18-11-23-20(28-18)24-19(25)16-7-8-26-12-21(16,3)4/h5-6,9,11,13,16H,7-8,12H2,1-4H3,(H,23,24,25). The lowest BCUT2D eigenvalue weighted by Gasteiger charge is -2.36. The molecule has 1 aromatic carbocycles.